The predicted molar refractivity (Wildman–Crippen MR) is 82.2 cm³/mol. The van der Waals surface area contributed by atoms with Crippen LogP contribution in [0.5, 0.6) is 0 Å². The topological polar surface area (TPSA) is 59.8 Å². The zero-order chi connectivity index (χ0) is 15.2. The molecule has 1 N–H and O–H groups in total. The Bertz CT molecular complexity index is 590. The van der Waals surface area contributed by atoms with Crippen LogP contribution in [-0.2, 0) is 13.0 Å². The Hall–Kier alpha value is -2.17. The molecule has 1 amide bonds. The summed E-state index contributed by atoms with van der Waals surface area (Å²) in [5.41, 5.74) is 2.50. The summed E-state index contributed by atoms with van der Waals surface area (Å²) in [6.07, 6.45) is 1.74. The Labute approximate surface area is 125 Å². The highest BCUT2D eigenvalue weighted by Gasteiger charge is 2.19. The Kier molecular flexibility index (Phi) is 5.09. The van der Waals surface area contributed by atoms with Crippen LogP contribution in [0.1, 0.15) is 48.9 Å². The highest BCUT2D eigenvalue weighted by molar-refractivity contribution is 5.93. The van der Waals surface area contributed by atoms with Crippen LogP contribution in [0.3, 0.4) is 0 Å². The fourth-order valence-corrected chi connectivity index (χ4v) is 2.21. The average Bonchev–Trinajstić information content (AvgIpc) is 2.83. The van der Waals surface area contributed by atoms with E-state index in [1.54, 1.807) is 0 Å². The Balaban J connectivity index is 2.26. The normalized spacial score (nSPS) is 10.9. The lowest BCUT2D eigenvalue weighted by Gasteiger charge is -2.09. The molecule has 0 atom stereocenters. The molecule has 0 aliphatic heterocycles. The summed E-state index contributed by atoms with van der Waals surface area (Å²) in [6, 6.07) is 10.2. The van der Waals surface area contributed by atoms with Gasteiger partial charge in [-0.1, -0.05) is 48.9 Å². The van der Waals surface area contributed by atoms with Crippen molar-refractivity contribution in [3.8, 4) is 0 Å². The van der Waals surface area contributed by atoms with Crippen molar-refractivity contribution < 1.29 is 4.79 Å². The van der Waals surface area contributed by atoms with Gasteiger partial charge in [-0.05, 0) is 25.8 Å². The zero-order valence-electron chi connectivity index (χ0n) is 12.8. The van der Waals surface area contributed by atoms with E-state index >= 15 is 0 Å². The van der Waals surface area contributed by atoms with E-state index in [2.05, 4.69) is 22.6 Å². The van der Waals surface area contributed by atoms with Crippen molar-refractivity contribution in [3.05, 3.63) is 47.3 Å². The number of aromatic nitrogens is 3. The van der Waals surface area contributed by atoms with Crippen LogP contribution >= 0.6 is 0 Å². The first kappa shape index (κ1) is 15.2. The van der Waals surface area contributed by atoms with Crippen molar-refractivity contribution in [3.63, 3.8) is 0 Å². The van der Waals surface area contributed by atoms with Gasteiger partial charge in [-0.25, -0.2) is 4.68 Å². The van der Waals surface area contributed by atoms with Gasteiger partial charge in [0.15, 0.2) is 5.69 Å². The highest BCUT2D eigenvalue weighted by Crippen LogP contribution is 2.11. The fourth-order valence-electron chi connectivity index (χ4n) is 2.21. The minimum absolute atomic E-state index is 0.0891. The molecule has 5 heteroatoms. The molecular formula is C16H22N4O. The number of carbonyl (C=O) groups excluding carboxylic acids is 1. The molecular weight excluding hydrogens is 264 g/mol. The van der Waals surface area contributed by atoms with Gasteiger partial charge in [0, 0.05) is 6.04 Å². The maximum Gasteiger partial charge on any atom is 0.273 e. The molecule has 112 valence electrons. The number of benzene rings is 1. The van der Waals surface area contributed by atoms with Crippen molar-refractivity contribution in [2.24, 2.45) is 0 Å². The summed E-state index contributed by atoms with van der Waals surface area (Å²) in [4.78, 5) is 12.2. The van der Waals surface area contributed by atoms with Crippen molar-refractivity contribution in [2.75, 3.05) is 0 Å². The lowest BCUT2D eigenvalue weighted by molar-refractivity contribution is 0.0937. The van der Waals surface area contributed by atoms with E-state index in [4.69, 9.17) is 0 Å². The maximum atomic E-state index is 12.2. The third-order valence-corrected chi connectivity index (χ3v) is 3.13. The summed E-state index contributed by atoms with van der Waals surface area (Å²) in [5.74, 6) is -0.146. The van der Waals surface area contributed by atoms with E-state index in [1.807, 2.05) is 48.9 Å². The van der Waals surface area contributed by atoms with Crippen LogP contribution in [0.2, 0.25) is 0 Å². The number of nitrogens with zero attached hydrogens (tertiary/aromatic N) is 3. The summed E-state index contributed by atoms with van der Waals surface area (Å²) in [5, 5.41) is 11.1. The standard InChI is InChI=1S/C16H22N4O/c1-4-8-14-15(16(21)17-12(2)3)18-19-20(14)11-13-9-6-5-7-10-13/h5-7,9-10,12H,4,8,11H2,1-3H3,(H,17,21). The quantitative estimate of drug-likeness (QED) is 0.887. The Morgan fingerprint density at radius 1 is 1.29 bits per heavy atom. The van der Waals surface area contributed by atoms with E-state index in [1.165, 1.54) is 0 Å². The minimum Gasteiger partial charge on any atom is -0.348 e. The molecule has 1 aromatic carbocycles. The molecule has 0 saturated heterocycles. The SMILES string of the molecule is CCCc1c(C(=O)NC(C)C)nnn1Cc1ccccc1. The first-order valence-electron chi connectivity index (χ1n) is 7.39. The molecule has 21 heavy (non-hydrogen) atoms. The molecule has 0 aliphatic rings. The minimum atomic E-state index is -0.146. The maximum absolute atomic E-state index is 12.2. The van der Waals surface area contributed by atoms with Gasteiger partial charge in [-0.15, -0.1) is 5.10 Å². The molecule has 0 saturated carbocycles. The molecule has 5 nitrogen and oxygen atoms in total. The van der Waals surface area contributed by atoms with Crippen LogP contribution in [0.4, 0.5) is 0 Å². The van der Waals surface area contributed by atoms with Gasteiger partial charge >= 0.3 is 0 Å². The Morgan fingerprint density at radius 2 is 2.00 bits per heavy atom. The van der Waals surface area contributed by atoms with E-state index in [9.17, 15) is 4.79 Å². The van der Waals surface area contributed by atoms with E-state index < -0.39 is 0 Å². The molecule has 1 heterocycles. The van der Waals surface area contributed by atoms with Crippen LogP contribution in [0.25, 0.3) is 0 Å². The van der Waals surface area contributed by atoms with Crippen LogP contribution < -0.4 is 5.32 Å². The average molecular weight is 286 g/mol. The molecule has 0 unspecified atom stereocenters. The number of nitrogens with one attached hydrogen (secondary N) is 1. The summed E-state index contributed by atoms with van der Waals surface area (Å²) < 4.78 is 1.83. The number of amides is 1. The van der Waals surface area contributed by atoms with Gasteiger partial charge in [0.1, 0.15) is 0 Å². The van der Waals surface area contributed by atoms with Gasteiger partial charge in [0.2, 0.25) is 0 Å². The summed E-state index contributed by atoms with van der Waals surface area (Å²) >= 11 is 0. The molecule has 2 aromatic rings. The predicted octanol–water partition coefficient (Wildman–Crippen LogP) is 2.42. The molecule has 0 aliphatic carbocycles. The smallest absolute Gasteiger partial charge is 0.273 e. The van der Waals surface area contributed by atoms with Crippen molar-refractivity contribution in [1.29, 1.82) is 0 Å². The second kappa shape index (κ2) is 7.02. The van der Waals surface area contributed by atoms with Crippen LogP contribution in [0.15, 0.2) is 30.3 Å². The van der Waals surface area contributed by atoms with E-state index in [0.29, 0.717) is 12.2 Å². The second-order valence-corrected chi connectivity index (χ2v) is 5.41. The highest BCUT2D eigenvalue weighted by atomic mass is 16.2. The molecule has 2 rings (SSSR count). The molecule has 1 aromatic heterocycles. The summed E-state index contributed by atoms with van der Waals surface area (Å²) in [6.45, 7) is 6.60. The third kappa shape index (κ3) is 3.90. The zero-order valence-corrected chi connectivity index (χ0v) is 12.8. The number of carbonyl (C=O) groups is 1. The Morgan fingerprint density at radius 3 is 2.62 bits per heavy atom. The largest absolute Gasteiger partial charge is 0.348 e. The molecule has 0 fully saturated rings. The van der Waals surface area contributed by atoms with Crippen molar-refractivity contribution in [2.45, 2.75) is 46.2 Å². The van der Waals surface area contributed by atoms with E-state index in [-0.39, 0.29) is 11.9 Å². The first-order valence-corrected chi connectivity index (χ1v) is 7.39. The molecule has 0 bridgehead atoms. The van der Waals surface area contributed by atoms with Crippen molar-refractivity contribution >= 4 is 5.91 Å². The third-order valence-electron chi connectivity index (χ3n) is 3.13. The van der Waals surface area contributed by atoms with E-state index in [0.717, 1.165) is 24.1 Å². The van der Waals surface area contributed by atoms with Gasteiger partial charge in [-0.3, -0.25) is 4.79 Å². The monoisotopic (exact) mass is 286 g/mol. The second-order valence-electron chi connectivity index (χ2n) is 5.41. The van der Waals surface area contributed by atoms with Crippen LogP contribution in [0, 0.1) is 0 Å². The summed E-state index contributed by atoms with van der Waals surface area (Å²) in [7, 11) is 0. The van der Waals surface area contributed by atoms with Gasteiger partial charge in [0.05, 0.1) is 12.2 Å². The lowest BCUT2D eigenvalue weighted by Crippen LogP contribution is -2.31. The fraction of sp³-hybridized carbons (Fsp3) is 0.438. The molecule has 0 spiro atoms. The van der Waals surface area contributed by atoms with Crippen molar-refractivity contribution in [1.82, 2.24) is 20.3 Å². The lowest BCUT2D eigenvalue weighted by atomic mass is 10.1. The number of hydrogen-bond acceptors (Lipinski definition) is 3. The number of hydrogen-bond donors (Lipinski definition) is 1. The van der Waals surface area contributed by atoms with Gasteiger partial charge < -0.3 is 5.32 Å². The molecule has 0 radical (unpaired) electrons. The first-order chi connectivity index (χ1) is 10.1. The van der Waals surface area contributed by atoms with Gasteiger partial charge in [-0.2, -0.15) is 0 Å². The van der Waals surface area contributed by atoms with Gasteiger partial charge in [0.25, 0.3) is 5.91 Å². The number of rotatable bonds is 6. The van der Waals surface area contributed by atoms with Crippen LogP contribution in [-0.4, -0.2) is 26.9 Å².